The van der Waals surface area contributed by atoms with E-state index in [0.29, 0.717) is 24.1 Å². The van der Waals surface area contributed by atoms with Crippen molar-refractivity contribution in [3.8, 4) is 5.75 Å². The Morgan fingerprint density at radius 2 is 1.69 bits per heavy atom. The van der Waals surface area contributed by atoms with Crippen LogP contribution in [0.1, 0.15) is 55.2 Å². The highest BCUT2D eigenvalue weighted by Gasteiger charge is 2.27. The molecule has 2 amide bonds. The number of phenolic OH excluding ortho intramolecular Hbond substituents is 1. The summed E-state index contributed by atoms with van der Waals surface area (Å²) in [5.74, 6) is -1.03. The van der Waals surface area contributed by atoms with E-state index in [1.54, 1.807) is 36.4 Å². The molecule has 1 fully saturated rings. The van der Waals surface area contributed by atoms with Crippen LogP contribution in [0.15, 0.2) is 61.1 Å². The maximum absolute atomic E-state index is 13.0. The van der Waals surface area contributed by atoms with Crippen LogP contribution < -0.4 is 16.0 Å². The van der Waals surface area contributed by atoms with Gasteiger partial charge in [-0.2, -0.15) is 0 Å². The molecule has 2 heterocycles. The zero-order valence-corrected chi connectivity index (χ0v) is 20.5. The predicted octanol–water partition coefficient (Wildman–Crippen LogP) is 2.42. The second kappa shape index (κ2) is 12.2. The monoisotopic (exact) mass is 509 g/mol. The number of rotatable bonds is 6. The first-order valence-electron chi connectivity index (χ1n) is 11.4. The quantitative estimate of drug-likeness (QED) is 0.375. The highest BCUT2D eigenvalue weighted by Crippen LogP contribution is 2.22. The lowest BCUT2D eigenvalue weighted by atomic mass is 9.99. The summed E-state index contributed by atoms with van der Waals surface area (Å²) in [4.78, 5) is 46.2. The number of hydrogen-bond donors (Lipinski definition) is 4. The van der Waals surface area contributed by atoms with Gasteiger partial charge in [-0.05, 0) is 56.6 Å². The Labute approximate surface area is 215 Å². The van der Waals surface area contributed by atoms with E-state index in [-0.39, 0.29) is 59.1 Å². The first-order valence-corrected chi connectivity index (χ1v) is 11.4. The minimum atomic E-state index is -0.331. The number of aryl methyl sites for hydroxylation is 1. The molecule has 9 nitrogen and oxygen atoms in total. The van der Waals surface area contributed by atoms with E-state index < -0.39 is 0 Å². The highest BCUT2D eigenvalue weighted by molar-refractivity contribution is 6.11. The fourth-order valence-electron chi connectivity index (χ4n) is 4.05. The van der Waals surface area contributed by atoms with Crippen molar-refractivity contribution in [3.05, 3.63) is 89.0 Å². The van der Waals surface area contributed by atoms with Gasteiger partial charge in [0.15, 0.2) is 5.78 Å². The third kappa shape index (κ3) is 6.44. The molecule has 1 aliphatic heterocycles. The largest absolute Gasteiger partial charge is 0.507 e. The highest BCUT2D eigenvalue weighted by atomic mass is 35.5. The van der Waals surface area contributed by atoms with Gasteiger partial charge in [-0.1, -0.05) is 23.8 Å². The summed E-state index contributed by atoms with van der Waals surface area (Å²) in [5.41, 5.74) is 2.11. The van der Waals surface area contributed by atoms with Gasteiger partial charge in [0.05, 0.1) is 17.6 Å². The number of nitrogens with zero attached hydrogens (tertiary/aromatic N) is 2. The SMILES string of the molecule is Cc1ccc(O)c(C(=O)c2ccc(C(=O)N[C@@H]3CCCNC[C@H]3NC(=O)c3ccncn3)cc2)c1.Cl. The molecular formula is C26H28ClN5O4. The molecule has 1 aliphatic rings. The number of ketones is 1. The third-order valence-corrected chi connectivity index (χ3v) is 5.97. The fourth-order valence-corrected chi connectivity index (χ4v) is 4.05. The van der Waals surface area contributed by atoms with Crippen LogP contribution in [-0.2, 0) is 0 Å². The van der Waals surface area contributed by atoms with Gasteiger partial charge in [-0.25, -0.2) is 9.97 Å². The van der Waals surface area contributed by atoms with Crippen molar-refractivity contribution in [3.63, 3.8) is 0 Å². The van der Waals surface area contributed by atoms with E-state index in [0.717, 1.165) is 18.5 Å². The number of hydrogen-bond acceptors (Lipinski definition) is 7. The van der Waals surface area contributed by atoms with E-state index >= 15 is 0 Å². The van der Waals surface area contributed by atoms with Crippen LogP contribution in [0.2, 0.25) is 0 Å². The molecule has 4 rings (SSSR count). The Kier molecular flexibility index (Phi) is 9.10. The summed E-state index contributed by atoms with van der Waals surface area (Å²) in [7, 11) is 0. The number of benzene rings is 2. The summed E-state index contributed by atoms with van der Waals surface area (Å²) >= 11 is 0. The van der Waals surface area contributed by atoms with Crippen molar-refractivity contribution in [2.75, 3.05) is 13.1 Å². The zero-order chi connectivity index (χ0) is 24.8. The Hall–Kier alpha value is -3.82. The van der Waals surface area contributed by atoms with Crippen LogP contribution in [0, 0.1) is 6.92 Å². The number of phenols is 1. The molecule has 0 spiro atoms. The van der Waals surface area contributed by atoms with E-state index in [2.05, 4.69) is 25.9 Å². The molecule has 2 atom stereocenters. The Balaban J connectivity index is 0.00000361. The molecule has 36 heavy (non-hydrogen) atoms. The predicted molar refractivity (Wildman–Crippen MR) is 137 cm³/mol. The van der Waals surface area contributed by atoms with Crippen molar-refractivity contribution in [1.82, 2.24) is 25.9 Å². The van der Waals surface area contributed by atoms with Crippen molar-refractivity contribution in [1.29, 1.82) is 0 Å². The lowest BCUT2D eigenvalue weighted by Crippen LogP contribution is -2.54. The van der Waals surface area contributed by atoms with Gasteiger partial charge in [0, 0.05) is 23.9 Å². The number of carbonyl (C=O) groups is 3. The standard InChI is InChI=1S/C26H27N5O4.ClH/c1-16-4-9-23(32)19(13-16)24(33)17-5-7-18(8-6-17)25(34)30-20-3-2-11-27-14-22(20)31-26(35)21-10-12-28-15-29-21;/h4-10,12-13,15,20,22,27,32H,2-3,11,14H2,1H3,(H,30,34)(H,31,35);1H/t20-,22-;/m1./s1. The molecule has 1 saturated heterocycles. The first-order chi connectivity index (χ1) is 16.9. The number of aromatic nitrogens is 2. The fraction of sp³-hybridized carbons (Fsp3) is 0.269. The lowest BCUT2D eigenvalue weighted by Gasteiger charge is -2.27. The second-order valence-electron chi connectivity index (χ2n) is 8.53. The van der Waals surface area contributed by atoms with E-state index in [1.165, 1.54) is 24.7 Å². The number of amides is 2. The zero-order valence-electron chi connectivity index (χ0n) is 19.7. The molecule has 2 aromatic carbocycles. The molecule has 0 radical (unpaired) electrons. The van der Waals surface area contributed by atoms with Gasteiger partial charge in [-0.3, -0.25) is 14.4 Å². The van der Waals surface area contributed by atoms with Gasteiger partial charge in [-0.15, -0.1) is 12.4 Å². The van der Waals surface area contributed by atoms with Crippen LogP contribution in [0.4, 0.5) is 0 Å². The molecular weight excluding hydrogens is 482 g/mol. The Morgan fingerprint density at radius 3 is 2.42 bits per heavy atom. The molecule has 3 aromatic rings. The number of carbonyl (C=O) groups excluding carboxylic acids is 3. The summed E-state index contributed by atoms with van der Waals surface area (Å²) < 4.78 is 0. The van der Waals surface area contributed by atoms with Crippen LogP contribution in [0.5, 0.6) is 5.75 Å². The first kappa shape index (κ1) is 26.8. The minimum Gasteiger partial charge on any atom is -0.507 e. The van der Waals surface area contributed by atoms with Crippen LogP contribution >= 0.6 is 12.4 Å². The van der Waals surface area contributed by atoms with Gasteiger partial charge in [0.2, 0.25) is 0 Å². The van der Waals surface area contributed by atoms with E-state index in [9.17, 15) is 19.5 Å². The van der Waals surface area contributed by atoms with Crippen LogP contribution in [0.3, 0.4) is 0 Å². The number of aromatic hydroxyl groups is 1. The lowest BCUT2D eigenvalue weighted by molar-refractivity contribution is 0.0880. The van der Waals surface area contributed by atoms with Gasteiger partial charge >= 0.3 is 0 Å². The van der Waals surface area contributed by atoms with Gasteiger partial charge < -0.3 is 21.1 Å². The summed E-state index contributed by atoms with van der Waals surface area (Å²) in [6.45, 7) is 3.14. The average molecular weight is 510 g/mol. The molecule has 0 aliphatic carbocycles. The smallest absolute Gasteiger partial charge is 0.270 e. The molecule has 4 N–H and O–H groups in total. The minimum absolute atomic E-state index is 0. The van der Waals surface area contributed by atoms with Gasteiger partial charge in [0.25, 0.3) is 11.8 Å². The van der Waals surface area contributed by atoms with Crippen molar-refractivity contribution in [2.45, 2.75) is 31.8 Å². The molecule has 1 aromatic heterocycles. The topological polar surface area (TPSA) is 133 Å². The van der Waals surface area contributed by atoms with Crippen LogP contribution in [0.25, 0.3) is 0 Å². The Bertz CT molecular complexity index is 1220. The van der Waals surface area contributed by atoms with Crippen molar-refractivity contribution >= 4 is 30.0 Å². The van der Waals surface area contributed by atoms with Crippen molar-refractivity contribution in [2.24, 2.45) is 0 Å². The van der Waals surface area contributed by atoms with E-state index in [1.807, 2.05) is 6.92 Å². The van der Waals surface area contributed by atoms with Crippen LogP contribution in [-0.4, -0.2) is 57.8 Å². The maximum atomic E-state index is 13.0. The Morgan fingerprint density at radius 1 is 0.972 bits per heavy atom. The number of halogens is 1. The molecule has 0 bridgehead atoms. The summed E-state index contributed by atoms with van der Waals surface area (Å²) in [5, 5.41) is 19.3. The molecule has 0 unspecified atom stereocenters. The molecule has 10 heteroatoms. The summed E-state index contributed by atoms with van der Waals surface area (Å²) in [6.07, 6.45) is 4.35. The number of nitrogens with one attached hydrogen (secondary N) is 3. The molecule has 188 valence electrons. The van der Waals surface area contributed by atoms with Gasteiger partial charge in [0.1, 0.15) is 17.8 Å². The summed E-state index contributed by atoms with van der Waals surface area (Å²) in [6, 6.07) is 12.1. The third-order valence-electron chi connectivity index (χ3n) is 5.97. The van der Waals surface area contributed by atoms with Crippen molar-refractivity contribution < 1.29 is 19.5 Å². The maximum Gasteiger partial charge on any atom is 0.270 e. The second-order valence-corrected chi connectivity index (χ2v) is 8.53. The average Bonchev–Trinajstić information content (AvgIpc) is 3.10. The normalized spacial score (nSPS) is 17.2. The molecule has 0 saturated carbocycles. The van der Waals surface area contributed by atoms with E-state index in [4.69, 9.17) is 0 Å².